The fourth-order valence-electron chi connectivity index (χ4n) is 6.86. The van der Waals surface area contributed by atoms with Crippen LogP contribution in [-0.2, 0) is 14.3 Å². The van der Waals surface area contributed by atoms with E-state index < -0.39 is 5.41 Å². The third-order valence-corrected chi connectivity index (χ3v) is 9.39. The van der Waals surface area contributed by atoms with Crippen LogP contribution in [0.1, 0.15) is 82.3 Å². The molecule has 5 unspecified atom stereocenters. The fourth-order valence-corrected chi connectivity index (χ4v) is 6.86. The maximum Gasteiger partial charge on any atom is 0.311 e. The number of benzene rings is 3. The van der Waals surface area contributed by atoms with Crippen LogP contribution in [0.15, 0.2) is 91.0 Å². The van der Waals surface area contributed by atoms with E-state index >= 15 is 0 Å². The molecule has 2 aliphatic rings. The van der Waals surface area contributed by atoms with Gasteiger partial charge in [0.05, 0.1) is 18.1 Å². The van der Waals surface area contributed by atoms with Crippen molar-refractivity contribution in [3.05, 3.63) is 102 Å². The van der Waals surface area contributed by atoms with Crippen molar-refractivity contribution in [1.82, 2.24) is 0 Å². The van der Waals surface area contributed by atoms with E-state index in [1.807, 2.05) is 32.0 Å². The average molecular weight is 567 g/mol. The minimum atomic E-state index is -0.661. The zero-order valence-electron chi connectivity index (χ0n) is 25.4. The molecule has 1 saturated carbocycles. The van der Waals surface area contributed by atoms with E-state index in [0.29, 0.717) is 24.9 Å². The first-order chi connectivity index (χ1) is 20.3. The van der Waals surface area contributed by atoms with Crippen LogP contribution < -0.4 is 0 Å². The molecule has 222 valence electrons. The van der Waals surface area contributed by atoms with Crippen LogP contribution in [0, 0.1) is 17.3 Å². The van der Waals surface area contributed by atoms with Crippen LogP contribution in [0.2, 0.25) is 0 Å². The lowest BCUT2D eigenvalue weighted by molar-refractivity contribution is -0.157. The smallest absolute Gasteiger partial charge is 0.311 e. The van der Waals surface area contributed by atoms with Gasteiger partial charge in [-0.3, -0.25) is 4.79 Å². The largest absolute Gasteiger partial charge is 0.508 e. The Hall–Kier alpha value is -3.37. The summed E-state index contributed by atoms with van der Waals surface area (Å²) in [5.41, 5.74) is 4.16. The molecule has 0 heterocycles. The molecule has 4 nitrogen and oxygen atoms in total. The Morgan fingerprint density at radius 2 is 1.60 bits per heavy atom. The molecule has 3 aromatic rings. The van der Waals surface area contributed by atoms with E-state index in [0.717, 1.165) is 30.7 Å². The molecule has 1 N–H and O–H groups in total. The van der Waals surface area contributed by atoms with Gasteiger partial charge in [-0.25, -0.2) is 0 Å². The van der Waals surface area contributed by atoms with Crippen molar-refractivity contribution in [2.45, 2.75) is 77.2 Å². The number of aromatic hydroxyl groups is 1. The summed E-state index contributed by atoms with van der Waals surface area (Å²) in [5, 5.41) is 9.91. The van der Waals surface area contributed by atoms with E-state index in [2.05, 4.69) is 67.6 Å². The summed E-state index contributed by atoms with van der Waals surface area (Å²) in [4.78, 5) is 13.3. The highest BCUT2D eigenvalue weighted by Crippen LogP contribution is 2.41. The van der Waals surface area contributed by atoms with Crippen molar-refractivity contribution in [3.63, 3.8) is 0 Å². The highest BCUT2D eigenvalue weighted by Gasteiger charge is 2.34. The number of carbonyl (C=O) groups is 1. The van der Waals surface area contributed by atoms with Gasteiger partial charge in [0.2, 0.25) is 0 Å². The van der Waals surface area contributed by atoms with E-state index in [-0.39, 0.29) is 30.3 Å². The maximum absolute atomic E-state index is 13.3. The van der Waals surface area contributed by atoms with Gasteiger partial charge >= 0.3 is 5.97 Å². The average Bonchev–Trinajstić information content (AvgIpc) is 3.48. The molecule has 0 bridgehead atoms. The van der Waals surface area contributed by atoms with E-state index in [1.54, 1.807) is 12.1 Å². The molecule has 0 aromatic heterocycles. The van der Waals surface area contributed by atoms with Crippen LogP contribution >= 0.6 is 0 Å². The van der Waals surface area contributed by atoms with Crippen molar-refractivity contribution >= 4 is 5.97 Å². The molecule has 42 heavy (non-hydrogen) atoms. The molecule has 2 aliphatic carbocycles. The predicted molar refractivity (Wildman–Crippen MR) is 169 cm³/mol. The zero-order valence-corrected chi connectivity index (χ0v) is 25.4. The Morgan fingerprint density at radius 3 is 2.33 bits per heavy atom. The van der Waals surface area contributed by atoms with Crippen LogP contribution in [0.4, 0.5) is 0 Å². The van der Waals surface area contributed by atoms with E-state index in [1.165, 1.54) is 29.5 Å². The van der Waals surface area contributed by atoms with Crippen molar-refractivity contribution in [2.24, 2.45) is 17.3 Å². The lowest BCUT2D eigenvalue weighted by Crippen LogP contribution is -2.31. The summed E-state index contributed by atoms with van der Waals surface area (Å²) in [7, 11) is 0. The standard InChI is InChI=1S/C38H46O4/c1-27(28-12-14-31(15-13-28)29-8-5-4-6-9-29)24-34(32-16-19-35(39)20-17-32)26-38(2,3)37(40)42-23-22-41-36-21-18-30-10-7-11-33(30)25-36/h4-9,11-17,19-20,27,30,33-34,36,39H,10,18,21-26H2,1-3H3. The van der Waals surface area contributed by atoms with Gasteiger partial charge in [0, 0.05) is 0 Å². The van der Waals surface area contributed by atoms with Gasteiger partial charge in [0.25, 0.3) is 0 Å². The summed E-state index contributed by atoms with van der Waals surface area (Å²) in [6.07, 6.45) is 11.1. The van der Waals surface area contributed by atoms with Crippen molar-refractivity contribution in [2.75, 3.05) is 13.2 Å². The Bertz CT molecular complexity index is 1310. The Balaban J connectivity index is 1.18. The summed E-state index contributed by atoms with van der Waals surface area (Å²) in [5.74, 6) is 1.95. The molecule has 0 amide bonds. The zero-order chi connectivity index (χ0) is 29.5. The lowest BCUT2D eigenvalue weighted by Gasteiger charge is -2.32. The quantitative estimate of drug-likeness (QED) is 0.135. The van der Waals surface area contributed by atoms with E-state index in [9.17, 15) is 9.90 Å². The molecular weight excluding hydrogens is 520 g/mol. The number of phenolic OH excluding ortho intramolecular Hbond substituents is 1. The molecule has 5 atom stereocenters. The minimum absolute atomic E-state index is 0.128. The lowest BCUT2D eigenvalue weighted by atomic mass is 9.75. The molecule has 4 heteroatoms. The highest BCUT2D eigenvalue weighted by molar-refractivity contribution is 5.76. The van der Waals surface area contributed by atoms with Gasteiger partial charge < -0.3 is 14.6 Å². The molecule has 0 radical (unpaired) electrons. The second-order valence-electron chi connectivity index (χ2n) is 13.0. The number of esters is 1. The normalized spacial score (nSPS) is 21.5. The molecule has 3 aromatic carbocycles. The van der Waals surface area contributed by atoms with Crippen molar-refractivity contribution < 1.29 is 19.4 Å². The topological polar surface area (TPSA) is 55.8 Å². The summed E-state index contributed by atoms with van der Waals surface area (Å²) in [6.45, 7) is 6.96. The SMILES string of the molecule is CC(CC(CC(C)(C)C(=O)OCCOC1CCC2CC=CC2C1)c1ccc(O)cc1)c1ccc(-c2ccccc2)cc1. The van der Waals surface area contributed by atoms with Gasteiger partial charge in [-0.1, -0.05) is 85.8 Å². The molecule has 0 aliphatic heterocycles. The van der Waals surface area contributed by atoms with Gasteiger partial charge in [-0.05, 0) is 110 Å². The monoisotopic (exact) mass is 566 g/mol. The number of rotatable bonds is 12. The Kier molecular flexibility index (Phi) is 9.84. The number of allylic oxidation sites excluding steroid dienone is 2. The number of phenols is 1. The van der Waals surface area contributed by atoms with Crippen LogP contribution in [0.25, 0.3) is 11.1 Å². The first kappa shape index (κ1) is 30.1. The number of hydrogen-bond acceptors (Lipinski definition) is 4. The molecule has 0 saturated heterocycles. The Labute approximate surface area is 251 Å². The van der Waals surface area contributed by atoms with Gasteiger partial charge in [-0.15, -0.1) is 0 Å². The van der Waals surface area contributed by atoms with Crippen LogP contribution in [0.5, 0.6) is 5.75 Å². The second-order valence-corrected chi connectivity index (χ2v) is 13.0. The highest BCUT2D eigenvalue weighted by atomic mass is 16.6. The number of ether oxygens (including phenoxy) is 2. The van der Waals surface area contributed by atoms with Crippen LogP contribution in [0.3, 0.4) is 0 Å². The van der Waals surface area contributed by atoms with Gasteiger partial charge in [0.15, 0.2) is 0 Å². The first-order valence-electron chi connectivity index (χ1n) is 15.7. The molecular formula is C38H46O4. The second kappa shape index (κ2) is 13.7. The predicted octanol–water partition coefficient (Wildman–Crippen LogP) is 9.06. The third-order valence-electron chi connectivity index (χ3n) is 9.39. The summed E-state index contributed by atoms with van der Waals surface area (Å²) < 4.78 is 11.9. The Morgan fingerprint density at radius 1 is 0.905 bits per heavy atom. The summed E-state index contributed by atoms with van der Waals surface area (Å²) in [6, 6.07) is 26.7. The number of fused-ring (bicyclic) bond motifs is 1. The fraction of sp³-hybridized carbons (Fsp3) is 0.447. The number of carbonyl (C=O) groups excluding carboxylic acids is 1. The molecule has 1 fully saturated rings. The summed E-state index contributed by atoms with van der Waals surface area (Å²) >= 11 is 0. The maximum atomic E-state index is 13.3. The molecule has 0 spiro atoms. The third kappa shape index (κ3) is 7.72. The van der Waals surface area contributed by atoms with E-state index in [4.69, 9.17) is 9.47 Å². The minimum Gasteiger partial charge on any atom is -0.508 e. The van der Waals surface area contributed by atoms with Crippen molar-refractivity contribution in [1.29, 1.82) is 0 Å². The van der Waals surface area contributed by atoms with Crippen molar-refractivity contribution in [3.8, 4) is 16.9 Å². The van der Waals surface area contributed by atoms with Gasteiger partial charge in [0.1, 0.15) is 12.4 Å². The van der Waals surface area contributed by atoms with Crippen LogP contribution in [-0.4, -0.2) is 30.4 Å². The number of hydrogen-bond donors (Lipinski definition) is 1. The first-order valence-corrected chi connectivity index (χ1v) is 15.7. The van der Waals surface area contributed by atoms with Gasteiger partial charge in [-0.2, -0.15) is 0 Å². The molecule has 5 rings (SSSR count).